The number of thioether (sulfide) groups is 1. The molecule has 0 spiro atoms. The zero-order chi connectivity index (χ0) is 19.7. The van der Waals surface area contributed by atoms with Gasteiger partial charge in [0.05, 0.1) is 23.5 Å². The van der Waals surface area contributed by atoms with Crippen LogP contribution in [0.1, 0.15) is 12.0 Å². The van der Waals surface area contributed by atoms with Gasteiger partial charge in [-0.3, -0.25) is 9.69 Å². The number of aliphatic carboxylic acids is 1. The molecule has 0 unspecified atom stereocenters. The quantitative estimate of drug-likeness (QED) is 0.758. The minimum atomic E-state index is -1.29. The maximum atomic E-state index is 12.7. The molecule has 0 aliphatic carbocycles. The predicted molar refractivity (Wildman–Crippen MR) is 103 cm³/mol. The number of aliphatic imine (C=N–C) groups is 1. The summed E-state index contributed by atoms with van der Waals surface area (Å²) in [6.45, 7) is 0.391. The van der Waals surface area contributed by atoms with Crippen molar-refractivity contribution in [3.63, 3.8) is 0 Å². The Bertz CT molecular complexity index is 963. The van der Waals surface area contributed by atoms with Crippen LogP contribution in [0.4, 0.5) is 5.69 Å². The zero-order valence-corrected chi connectivity index (χ0v) is 16.0. The Morgan fingerprint density at radius 2 is 1.96 bits per heavy atom. The predicted octanol–water partition coefficient (Wildman–Crippen LogP) is 2.34. The van der Waals surface area contributed by atoms with Crippen LogP contribution in [0.3, 0.4) is 0 Å². The molecule has 28 heavy (non-hydrogen) atoms. The van der Waals surface area contributed by atoms with Crippen molar-refractivity contribution in [2.45, 2.75) is 18.2 Å². The van der Waals surface area contributed by atoms with Crippen molar-refractivity contribution in [2.24, 2.45) is 4.99 Å². The molecule has 7 nitrogen and oxygen atoms in total. The Hall–Kier alpha value is -2.71. The van der Waals surface area contributed by atoms with Crippen LogP contribution in [0.2, 0.25) is 5.02 Å². The monoisotopic (exact) mass is 417 g/mol. The fourth-order valence-corrected chi connectivity index (χ4v) is 3.98. The third-order valence-electron chi connectivity index (χ3n) is 4.23. The van der Waals surface area contributed by atoms with Gasteiger partial charge in [0.1, 0.15) is 0 Å². The number of nitrogens with zero attached hydrogens (tertiary/aromatic N) is 2. The molecule has 2 heterocycles. The highest BCUT2D eigenvalue weighted by atomic mass is 35.5. The Kier molecular flexibility index (Phi) is 5.15. The maximum absolute atomic E-state index is 12.7. The van der Waals surface area contributed by atoms with Crippen LogP contribution in [0.25, 0.3) is 0 Å². The average Bonchev–Trinajstić information content (AvgIpc) is 3.13. The summed E-state index contributed by atoms with van der Waals surface area (Å²) in [5.41, 5.74) is 1.38. The highest BCUT2D eigenvalue weighted by Gasteiger charge is 2.33. The van der Waals surface area contributed by atoms with E-state index in [2.05, 4.69) is 4.99 Å². The van der Waals surface area contributed by atoms with Crippen LogP contribution in [0.15, 0.2) is 47.5 Å². The topological polar surface area (TPSA) is 91.3 Å². The molecule has 1 saturated heterocycles. The Morgan fingerprint density at radius 1 is 1.21 bits per heavy atom. The number of carbonyl (C=O) groups is 2. The van der Waals surface area contributed by atoms with Gasteiger partial charge in [-0.2, -0.15) is 0 Å². The number of rotatable bonds is 4. The normalized spacial score (nSPS) is 19.9. The van der Waals surface area contributed by atoms with Gasteiger partial charge >= 0.3 is 0 Å². The highest BCUT2D eigenvalue weighted by molar-refractivity contribution is 8.15. The fourth-order valence-electron chi connectivity index (χ4n) is 2.83. The van der Waals surface area contributed by atoms with Crippen LogP contribution < -0.4 is 14.6 Å². The number of halogens is 1. The van der Waals surface area contributed by atoms with Gasteiger partial charge in [0.15, 0.2) is 16.7 Å². The number of hydrogen-bond acceptors (Lipinski definition) is 7. The summed E-state index contributed by atoms with van der Waals surface area (Å²) in [5.74, 6) is -0.364. The van der Waals surface area contributed by atoms with Crippen molar-refractivity contribution >= 4 is 46.1 Å². The van der Waals surface area contributed by atoms with Crippen molar-refractivity contribution in [2.75, 3.05) is 6.79 Å². The van der Waals surface area contributed by atoms with Crippen LogP contribution in [0, 0.1) is 0 Å². The molecular formula is C19H14ClN2O5S-. The zero-order valence-electron chi connectivity index (χ0n) is 14.5. The second-order valence-corrected chi connectivity index (χ2v) is 7.77. The number of carboxylic acids is 1. The van der Waals surface area contributed by atoms with E-state index in [0.717, 1.165) is 17.3 Å². The second-order valence-electron chi connectivity index (χ2n) is 6.17. The Labute approximate surface area is 169 Å². The van der Waals surface area contributed by atoms with Crippen molar-refractivity contribution in [3.8, 4) is 11.5 Å². The first-order valence-electron chi connectivity index (χ1n) is 8.40. The number of amides is 1. The number of hydrogen-bond donors (Lipinski definition) is 0. The van der Waals surface area contributed by atoms with E-state index in [1.54, 1.807) is 36.4 Å². The lowest BCUT2D eigenvalue weighted by molar-refractivity contribution is -0.304. The van der Waals surface area contributed by atoms with E-state index in [-0.39, 0.29) is 25.7 Å². The van der Waals surface area contributed by atoms with Gasteiger partial charge in [0, 0.05) is 11.4 Å². The molecule has 1 amide bonds. The lowest BCUT2D eigenvalue weighted by atomic mass is 10.1. The van der Waals surface area contributed by atoms with Gasteiger partial charge < -0.3 is 19.4 Å². The van der Waals surface area contributed by atoms with E-state index >= 15 is 0 Å². The first kappa shape index (κ1) is 18.6. The summed E-state index contributed by atoms with van der Waals surface area (Å²) < 4.78 is 10.7. The molecule has 144 valence electrons. The molecule has 1 fully saturated rings. The number of benzene rings is 2. The largest absolute Gasteiger partial charge is 0.549 e. The molecule has 0 radical (unpaired) electrons. The van der Waals surface area contributed by atoms with Crippen molar-refractivity contribution in [3.05, 3.63) is 53.1 Å². The second kappa shape index (κ2) is 7.73. The lowest BCUT2D eigenvalue weighted by Crippen LogP contribution is -2.47. The first-order chi connectivity index (χ1) is 13.5. The van der Waals surface area contributed by atoms with Crippen LogP contribution in [-0.4, -0.2) is 34.0 Å². The standard InChI is InChI=1S/C19H15ClN2O5S/c20-12-2-4-13(5-3-12)21-19-22(17(23)8-16(28-19)18(24)25)9-11-1-6-14-15(7-11)27-10-26-14/h1-7,16H,8-10H2,(H,24,25)/p-1/t16-/m1/s1. The highest BCUT2D eigenvalue weighted by Crippen LogP contribution is 2.34. The fraction of sp³-hybridized carbons (Fsp3) is 0.211. The number of carboxylic acid groups (broad SMARTS) is 1. The summed E-state index contributed by atoms with van der Waals surface area (Å²) >= 11 is 6.90. The molecular weight excluding hydrogens is 404 g/mol. The smallest absolute Gasteiger partial charge is 0.231 e. The third kappa shape index (κ3) is 3.93. The average molecular weight is 418 g/mol. The molecule has 2 aliphatic heterocycles. The molecule has 2 aromatic carbocycles. The van der Waals surface area contributed by atoms with Crippen molar-refractivity contribution in [1.82, 2.24) is 4.90 Å². The number of carbonyl (C=O) groups excluding carboxylic acids is 2. The number of ether oxygens (including phenoxy) is 2. The molecule has 4 rings (SSSR count). The van der Waals surface area contributed by atoms with Crippen LogP contribution >= 0.6 is 23.4 Å². The van der Waals surface area contributed by atoms with Gasteiger partial charge in [0.25, 0.3) is 0 Å². The van der Waals surface area contributed by atoms with E-state index in [4.69, 9.17) is 21.1 Å². The van der Waals surface area contributed by atoms with E-state index in [9.17, 15) is 14.7 Å². The Morgan fingerprint density at radius 3 is 2.71 bits per heavy atom. The summed E-state index contributed by atoms with van der Waals surface area (Å²) in [6, 6.07) is 12.1. The lowest BCUT2D eigenvalue weighted by Gasteiger charge is -2.32. The minimum absolute atomic E-state index is 0.156. The molecule has 2 aromatic rings. The number of amidine groups is 1. The van der Waals surface area contributed by atoms with Crippen molar-refractivity contribution in [1.29, 1.82) is 0 Å². The third-order valence-corrected chi connectivity index (χ3v) is 5.65. The summed E-state index contributed by atoms with van der Waals surface area (Å²) in [4.78, 5) is 29.9. The summed E-state index contributed by atoms with van der Waals surface area (Å²) in [6.07, 6.45) is -0.156. The number of fused-ring (bicyclic) bond motifs is 1. The van der Waals surface area contributed by atoms with Crippen LogP contribution in [-0.2, 0) is 16.1 Å². The SMILES string of the molecule is O=C([O-])[C@H]1CC(=O)N(Cc2ccc3c(c2)OCO3)C(=Nc2ccc(Cl)cc2)S1. The van der Waals surface area contributed by atoms with Gasteiger partial charge in [-0.1, -0.05) is 29.4 Å². The Balaban J connectivity index is 1.64. The van der Waals surface area contributed by atoms with E-state index < -0.39 is 11.2 Å². The maximum Gasteiger partial charge on any atom is 0.231 e. The molecule has 1 atom stereocenters. The van der Waals surface area contributed by atoms with Crippen molar-refractivity contribution < 1.29 is 24.2 Å². The van der Waals surface area contributed by atoms with Gasteiger partial charge in [0.2, 0.25) is 12.7 Å². The van der Waals surface area contributed by atoms with Gasteiger partial charge in [-0.15, -0.1) is 0 Å². The minimum Gasteiger partial charge on any atom is -0.549 e. The summed E-state index contributed by atoms with van der Waals surface area (Å²) in [5, 5.41) is 11.2. The van der Waals surface area contributed by atoms with Gasteiger partial charge in [-0.25, -0.2) is 4.99 Å². The first-order valence-corrected chi connectivity index (χ1v) is 9.66. The van der Waals surface area contributed by atoms with E-state index in [0.29, 0.717) is 27.4 Å². The molecule has 0 saturated carbocycles. The van der Waals surface area contributed by atoms with Gasteiger partial charge in [-0.05, 0) is 42.0 Å². The van der Waals surface area contributed by atoms with E-state index in [1.807, 2.05) is 6.07 Å². The molecule has 0 aromatic heterocycles. The van der Waals surface area contributed by atoms with Crippen LogP contribution in [0.5, 0.6) is 11.5 Å². The molecule has 0 N–H and O–H groups in total. The summed E-state index contributed by atoms with van der Waals surface area (Å²) in [7, 11) is 0. The molecule has 0 bridgehead atoms. The molecule has 9 heteroatoms. The molecule has 2 aliphatic rings. The van der Waals surface area contributed by atoms with E-state index in [1.165, 1.54) is 4.90 Å².